The minimum Gasteiger partial charge on any atom is -0.467 e. The average Bonchev–Trinajstić information content (AvgIpc) is 2.49. The van der Waals surface area contributed by atoms with Crippen LogP contribution in [0.2, 0.25) is 0 Å². The van der Waals surface area contributed by atoms with E-state index in [1.54, 1.807) is 0 Å². The van der Waals surface area contributed by atoms with Crippen molar-refractivity contribution in [2.75, 3.05) is 33.3 Å². The molecule has 1 aliphatic rings. The van der Waals surface area contributed by atoms with Crippen molar-refractivity contribution in [3.63, 3.8) is 0 Å². The number of piperazine rings is 1. The molecule has 0 spiro atoms. The van der Waals surface area contributed by atoms with Gasteiger partial charge in [0.15, 0.2) is 0 Å². The van der Waals surface area contributed by atoms with Crippen LogP contribution in [-0.2, 0) is 15.1 Å². The van der Waals surface area contributed by atoms with E-state index in [0.717, 1.165) is 42.9 Å². The quantitative estimate of drug-likeness (QED) is 0.852. The van der Waals surface area contributed by atoms with Crippen molar-refractivity contribution in [2.24, 2.45) is 0 Å². The highest BCUT2D eigenvalue weighted by Gasteiger charge is 2.43. The second-order valence-corrected chi connectivity index (χ2v) is 5.62. The highest BCUT2D eigenvalue weighted by molar-refractivity contribution is 5.82. The number of hydrogen-bond acceptors (Lipinski definition) is 4. The summed E-state index contributed by atoms with van der Waals surface area (Å²) < 4.78 is 5.12. The lowest BCUT2D eigenvalue weighted by Gasteiger charge is -2.42. The van der Waals surface area contributed by atoms with Crippen LogP contribution in [0.25, 0.3) is 0 Å². The molecule has 1 N–H and O–H groups in total. The van der Waals surface area contributed by atoms with Gasteiger partial charge in [-0.25, -0.2) is 4.79 Å². The molecule has 2 rings (SSSR count). The predicted octanol–water partition coefficient (Wildman–Crippen LogP) is 1.60. The van der Waals surface area contributed by atoms with E-state index in [1.807, 2.05) is 6.92 Å². The summed E-state index contributed by atoms with van der Waals surface area (Å²) >= 11 is 0. The molecular weight excluding hydrogens is 252 g/mol. The molecule has 0 saturated carbocycles. The van der Waals surface area contributed by atoms with Gasteiger partial charge in [0.05, 0.1) is 7.11 Å². The number of esters is 1. The summed E-state index contributed by atoms with van der Waals surface area (Å²) in [5.41, 5.74) is 2.62. The molecule has 0 aromatic heterocycles. The van der Waals surface area contributed by atoms with Crippen LogP contribution in [0.4, 0.5) is 0 Å². The van der Waals surface area contributed by atoms with Gasteiger partial charge in [0.2, 0.25) is 0 Å². The third kappa shape index (κ3) is 2.58. The Morgan fingerprint density at radius 3 is 2.55 bits per heavy atom. The van der Waals surface area contributed by atoms with Gasteiger partial charge in [0.25, 0.3) is 0 Å². The normalized spacial score (nSPS) is 19.4. The molecule has 0 bridgehead atoms. The van der Waals surface area contributed by atoms with Gasteiger partial charge in [-0.1, -0.05) is 23.8 Å². The van der Waals surface area contributed by atoms with Gasteiger partial charge in [-0.15, -0.1) is 0 Å². The summed E-state index contributed by atoms with van der Waals surface area (Å²) in [7, 11) is 1.47. The molecule has 110 valence electrons. The fourth-order valence-corrected chi connectivity index (χ4v) is 2.98. The van der Waals surface area contributed by atoms with Gasteiger partial charge in [-0.05, 0) is 31.9 Å². The summed E-state index contributed by atoms with van der Waals surface area (Å²) in [6.45, 7) is 9.58. The Balaban J connectivity index is 2.50. The molecular formula is C16H24N2O2. The first kappa shape index (κ1) is 15.0. The number of ether oxygens (including phenoxy) is 1. The number of rotatable bonds is 3. The first-order valence-electron chi connectivity index (χ1n) is 7.12. The molecule has 0 amide bonds. The van der Waals surface area contributed by atoms with Gasteiger partial charge < -0.3 is 10.1 Å². The number of carbonyl (C=O) groups excluding carboxylic acids is 1. The van der Waals surface area contributed by atoms with Crippen molar-refractivity contribution in [3.05, 3.63) is 34.9 Å². The molecule has 0 radical (unpaired) electrons. The third-order valence-corrected chi connectivity index (χ3v) is 4.25. The Kier molecular flexibility index (Phi) is 4.45. The zero-order chi connectivity index (χ0) is 14.8. The zero-order valence-electron chi connectivity index (χ0n) is 12.8. The Hall–Kier alpha value is -1.39. The summed E-state index contributed by atoms with van der Waals surface area (Å²) in [4.78, 5) is 14.7. The topological polar surface area (TPSA) is 41.6 Å². The van der Waals surface area contributed by atoms with Gasteiger partial charge in [0, 0.05) is 26.2 Å². The van der Waals surface area contributed by atoms with Gasteiger partial charge in [0.1, 0.15) is 5.54 Å². The Labute approximate surface area is 121 Å². The fourth-order valence-electron chi connectivity index (χ4n) is 2.98. The SMILES string of the molecule is COC(=O)C(C)(c1cc(C)ccc1C)N1CCNCC1. The molecule has 1 unspecified atom stereocenters. The van der Waals surface area contributed by atoms with E-state index < -0.39 is 5.54 Å². The van der Waals surface area contributed by atoms with Crippen LogP contribution in [0.3, 0.4) is 0 Å². The van der Waals surface area contributed by atoms with E-state index in [0.29, 0.717) is 0 Å². The lowest BCUT2D eigenvalue weighted by atomic mass is 9.85. The molecule has 1 aromatic carbocycles. The predicted molar refractivity (Wildman–Crippen MR) is 79.7 cm³/mol. The first-order chi connectivity index (χ1) is 9.50. The standard InChI is InChI=1S/C16H24N2O2/c1-12-5-6-13(2)14(11-12)16(3,15(19)20-4)18-9-7-17-8-10-18/h5-6,11,17H,7-10H2,1-4H3. The number of nitrogens with zero attached hydrogens (tertiary/aromatic N) is 1. The van der Waals surface area contributed by atoms with E-state index in [2.05, 4.69) is 42.3 Å². The number of benzene rings is 1. The number of hydrogen-bond donors (Lipinski definition) is 1. The summed E-state index contributed by atoms with van der Waals surface area (Å²) in [6, 6.07) is 6.26. The largest absolute Gasteiger partial charge is 0.467 e. The molecule has 1 fully saturated rings. The molecule has 1 saturated heterocycles. The van der Waals surface area contributed by atoms with Crippen molar-refractivity contribution in [1.82, 2.24) is 10.2 Å². The van der Waals surface area contributed by atoms with Gasteiger partial charge >= 0.3 is 5.97 Å². The number of aryl methyl sites for hydroxylation is 2. The van der Waals surface area contributed by atoms with Gasteiger partial charge in [-0.2, -0.15) is 0 Å². The average molecular weight is 276 g/mol. The summed E-state index contributed by atoms with van der Waals surface area (Å²) in [5.74, 6) is -0.187. The van der Waals surface area contributed by atoms with Crippen molar-refractivity contribution >= 4 is 5.97 Å². The maximum Gasteiger partial charge on any atom is 0.330 e. The van der Waals surface area contributed by atoms with E-state index >= 15 is 0 Å². The Bertz CT molecular complexity index is 495. The van der Waals surface area contributed by atoms with Crippen LogP contribution < -0.4 is 5.32 Å². The molecule has 4 heteroatoms. The lowest BCUT2D eigenvalue weighted by Crippen LogP contribution is -2.57. The van der Waals surface area contributed by atoms with Crippen LogP contribution >= 0.6 is 0 Å². The minimum absolute atomic E-state index is 0.187. The lowest BCUT2D eigenvalue weighted by molar-refractivity contribution is -0.155. The van der Waals surface area contributed by atoms with Crippen molar-refractivity contribution < 1.29 is 9.53 Å². The van der Waals surface area contributed by atoms with E-state index in [-0.39, 0.29) is 5.97 Å². The van der Waals surface area contributed by atoms with E-state index in [9.17, 15) is 4.79 Å². The first-order valence-corrected chi connectivity index (χ1v) is 7.12. The van der Waals surface area contributed by atoms with Crippen LogP contribution in [0.1, 0.15) is 23.6 Å². The maximum absolute atomic E-state index is 12.5. The highest BCUT2D eigenvalue weighted by atomic mass is 16.5. The van der Waals surface area contributed by atoms with Crippen LogP contribution in [-0.4, -0.2) is 44.2 Å². The minimum atomic E-state index is -0.715. The highest BCUT2D eigenvalue weighted by Crippen LogP contribution is 2.33. The zero-order valence-corrected chi connectivity index (χ0v) is 12.8. The summed E-state index contributed by atoms with van der Waals surface area (Å²) in [5, 5.41) is 3.33. The fraction of sp³-hybridized carbons (Fsp3) is 0.562. The Morgan fingerprint density at radius 1 is 1.30 bits per heavy atom. The molecule has 0 aliphatic carbocycles. The van der Waals surface area contributed by atoms with Crippen molar-refractivity contribution in [1.29, 1.82) is 0 Å². The molecule has 1 aromatic rings. The molecule has 4 nitrogen and oxygen atoms in total. The molecule has 1 aliphatic heterocycles. The number of carbonyl (C=O) groups is 1. The third-order valence-electron chi connectivity index (χ3n) is 4.25. The van der Waals surface area contributed by atoms with Gasteiger partial charge in [-0.3, -0.25) is 4.90 Å². The Morgan fingerprint density at radius 2 is 1.95 bits per heavy atom. The molecule has 1 heterocycles. The second-order valence-electron chi connectivity index (χ2n) is 5.62. The van der Waals surface area contributed by atoms with Crippen molar-refractivity contribution in [2.45, 2.75) is 26.3 Å². The van der Waals surface area contributed by atoms with E-state index in [4.69, 9.17) is 4.74 Å². The molecule has 1 atom stereocenters. The summed E-state index contributed by atoms with van der Waals surface area (Å²) in [6.07, 6.45) is 0. The van der Waals surface area contributed by atoms with Crippen LogP contribution in [0, 0.1) is 13.8 Å². The second kappa shape index (κ2) is 5.94. The number of nitrogens with one attached hydrogen (secondary N) is 1. The number of methoxy groups -OCH3 is 1. The van der Waals surface area contributed by atoms with Crippen LogP contribution in [0.15, 0.2) is 18.2 Å². The van der Waals surface area contributed by atoms with Crippen molar-refractivity contribution in [3.8, 4) is 0 Å². The smallest absolute Gasteiger partial charge is 0.330 e. The maximum atomic E-state index is 12.5. The molecule has 20 heavy (non-hydrogen) atoms. The monoisotopic (exact) mass is 276 g/mol. The van der Waals surface area contributed by atoms with E-state index in [1.165, 1.54) is 7.11 Å². The van der Waals surface area contributed by atoms with Crippen LogP contribution in [0.5, 0.6) is 0 Å².